The van der Waals surface area contributed by atoms with E-state index in [2.05, 4.69) is 15.6 Å². The minimum absolute atomic E-state index is 0.122. The average Bonchev–Trinajstić information content (AvgIpc) is 2.51. The molecular weight excluding hydrogens is 397 g/mol. The van der Waals surface area contributed by atoms with Gasteiger partial charge in [-0.2, -0.15) is 0 Å². The van der Waals surface area contributed by atoms with Crippen LogP contribution in [0.4, 0.5) is 5.69 Å². The van der Waals surface area contributed by atoms with Gasteiger partial charge in [0.15, 0.2) is 0 Å². The lowest BCUT2D eigenvalue weighted by molar-refractivity contribution is -0.125. The highest BCUT2D eigenvalue weighted by molar-refractivity contribution is 7.90. The van der Waals surface area contributed by atoms with Crippen LogP contribution in [0.5, 0.6) is 0 Å². The number of amides is 1. The van der Waals surface area contributed by atoms with Crippen LogP contribution < -0.4 is 15.6 Å². The molecule has 0 aliphatic heterocycles. The number of nitrogens with one attached hydrogen (secondary N) is 3. The molecule has 0 bridgehead atoms. The van der Waals surface area contributed by atoms with Gasteiger partial charge >= 0.3 is 0 Å². The summed E-state index contributed by atoms with van der Waals surface area (Å²) in [5.41, 5.74) is 6.08. The third-order valence-corrected chi connectivity index (χ3v) is 7.11. The molecule has 1 aromatic carbocycles. The Morgan fingerprint density at radius 3 is 2.08 bits per heavy atom. The number of hydrazine groups is 1. The van der Waals surface area contributed by atoms with E-state index in [1.165, 1.54) is 0 Å². The van der Waals surface area contributed by atoms with Crippen LogP contribution in [0.15, 0.2) is 18.2 Å². The molecule has 0 heterocycles. The summed E-state index contributed by atoms with van der Waals surface area (Å²) in [6.45, 7) is 5.01. The van der Waals surface area contributed by atoms with Crippen molar-refractivity contribution in [2.45, 2.75) is 57.2 Å². The number of halogens is 2. The Morgan fingerprint density at radius 2 is 1.58 bits per heavy atom. The molecule has 1 saturated carbocycles. The van der Waals surface area contributed by atoms with Crippen molar-refractivity contribution < 1.29 is 13.2 Å². The Balaban J connectivity index is 1.83. The Labute approximate surface area is 165 Å². The topological polar surface area (TPSA) is 87.3 Å². The third kappa shape index (κ3) is 5.74. The first-order valence-electron chi connectivity index (χ1n) is 8.52. The second-order valence-electron chi connectivity index (χ2n) is 7.55. The van der Waals surface area contributed by atoms with Crippen molar-refractivity contribution in [1.29, 1.82) is 0 Å². The molecule has 2 rings (SSSR count). The number of carbonyl (C=O) groups excluding carboxylic acids is 1. The number of anilines is 1. The van der Waals surface area contributed by atoms with Crippen molar-refractivity contribution in [3.63, 3.8) is 0 Å². The molecule has 0 unspecified atom stereocenters. The zero-order valence-electron chi connectivity index (χ0n) is 15.1. The van der Waals surface area contributed by atoms with E-state index in [1.807, 2.05) is 0 Å². The highest BCUT2D eigenvalue weighted by Gasteiger charge is 2.34. The van der Waals surface area contributed by atoms with Gasteiger partial charge in [-0.1, -0.05) is 23.2 Å². The zero-order valence-corrected chi connectivity index (χ0v) is 17.4. The van der Waals surface area contributed by atoms with Crippen molar-refractivity contribution in [3.05, 3.63) is 28.2 Å². The van der Waals surface area contributed by atoms with Crippen LogP contribution in [0.2, 0.25) is 10.0 Å². The number of sulfonamides is 1. The van der Waals surface area contributed by atoms with E-state index in [0.29, 0.717) is 41.4 Å². The van der Waals surface area contributed by atoms with Gasteiger partial charge in [-0.05, 0) is 64.7 Å². The van der Waals surface area contributed by atoms with Crippen molar-refractivity contribution >= 4 is 44.8 Å². The van der Waals surface area contributed by atoms with E-state index in [1.54, 1.807) is 39.0 Å². The molecule has 3 N–H and O–H groups in total. The van der Waals surface area contributed by atoms with Gasteiger partial charge in [-0.15, -0.1) is 0 Å². The van der Waals surface area contributed by atoms with Crippen LogP contribution >= 0.6 is 23.2 Å². The van der Waals surface area contributed by atoms with Gasteiger partial charge in [0.05, 0.1) is 10.4 Å². The van der Waals surface area contributed by atoms with E-state index in [9.17, 15) is 13.2 Å². The van der Waals surface area contributed by atoms with E-state index >= 15 is 0 Å². The molecule has 0 spiro atoms. The Morgan fingerprint density at radius 1 is 1.04 bits per heavy atom. The quantitative estimate of drug-likeness (QED) is 0.632. The molecular formula is C17H25Cl2N3O3S. The number of carbonyl (C=O) groups is 1. The predicted molar refractivity (Wildman–Crippen MR) is 106 cm³/mol. The second kappa shape index (κ2) is 8.33. The monoisotopic (exact) mass is 421 g/mol. The van der Waals surface area contributed by atoms with Crippen LogP contribution in [0.3, 0.4) is 0 Å². The Hall–Kier alpha value is -1.02. The van der Waals surface area contributed by atoms with Crippen LogP contribution in [0, 0.1) is 5.92 Å². The first-order chi connectivity index (χ1) is 12.0. The molecule has 1 amide bonds. The van der Waals surface area contributed by atoms with Crippen molar-refractivity contribution in [2.24, 2.45) is 5.92 Å². The summed E-state index contributed by atoms with van der Waals surface area (Å²) in [6, 6.07) is 4.80. The number of benzene rings is 1. The lowest BCUT2D eigenvalue weighted by Crippen LogP contribution is -2.47. The van der Waals surface area contributed by atoms with Gasteiger partial charge in [0.2, 0.25) is 15.9 Å². The zero-order chi connectivity index (χ0) is 19.5. The molecule has 9 heteroatoms. The molecule has 146 valence electrons. The van der Waals surface area contributed by atoms with Gasteiger partial charge in [0.25, 0.3) is 0 Å². The van der Waals surface area contributed by atoms with Crippen LogP contribution in [0.25, 0.3) is 0 Å². The Kier molecular flexibility index (Phi) is 6.82. The van der Waals surface area contributed by atoms with E-state index < -0.39 is 14.8 Å². The standard InChI is InChI=1S/C17H25Cl2N3O3S/c1-17(2,3)26(24,25)22-14-6-4-11(5-7-14)16(23)21-20-15-9-12(18)8-13(19)10-15/h8-11,14,20,22H,4-7H2,1-3H3,(H,21,23)/t11-,14-. The van der Waals surface area contributed by atoms with Gasteiger partial charge in [-0.25, -0.2) is 13.1 Å². The summed E-state index contributed by atoms with van der Waals surface area (Å²) in [7, 11) is -3.38. The SMILES string of the molecule is CC(C)(C)S(=O)(=O)N[C@H]1CC[C@H](C(=O)NNc2cc(Cl)cc(Cl)c2)CC1. The molecule has 1 aliphatic carbocycles. The van der Waals surface area contributed by atoms with Gasteiger partial charge in [0, 0.05) is 22.0 Å². The Bertz CT molecular complexity index is 735. The lowest BCUT2D eigenvalue weighted by atomic mass is 9.86. The maximum absolute atomic E-state index is 12.3. The maximum Gasteiger partial charge on any atom is 0.241 e. The number of rotatable bonds is 5. The first kappa shape index (κ1) is 21.3. The maximum atomic E-state index is 12.3. The summed E-state index contributed by atoms with van der Waals surface area (Å²) < 4.78 is 26.4. The predicted octanol–water partition coefficient (Wildman–Crippen LogP) is 3.71. The summed E-state index contributed by atoms with van der Waals surface area (Å²) in [5.74, 6) is -0.286. The van der Waals surface area contributed by atoms with E-state index in [4.69, 9.17) is 23.2 Å². The fraction of sp³-hybridized carbons (Fsp3) is 0.588. The summed E-state index contributed by atoms with van der Waals surface area (Å²) in [4.78, 5) is 12.3. The average molecular weight is 422 g/mol. The summed E-state index contributed by atoms with van der Waals surface area (Å²) >= 11 is 11.8. The van der Waals surface area contributed by atoms with Crippen LogP contribution in [0.1, 0.15) is 46.5 Å². The summed E-state index contributed by atoms with van der Waals surface area (Å²) in [5, 5.41) is 0.946. The van der Waals surface area contributed by atoms with Gasteiger partial charge in [-0.3, -0.25) is 15.6 Å². The van der Waals surface area contributed by atoms with E-state index in [-0.39, 0.29) is 17.9 Å². The molecule has 1 aromatic rings. The van der Waals surface area contributed by atoms with Crippen molar-refractivity contribution in [2.75, 3.05) is 5.43 Å². The lowest BCUT2D eigenvalue weighted by Gasteiger charge is -2.30. The first-order valence-corrected chi connectivity index (χ1v) is 10.8. The normalized spacial score (nSPS) is 21.3. The fourth-order valence-corrected chi connectivity index (χ4v) is 4.29. The molecule has 6 nitrogen and oxygen atoms in total. The fourth-order valence-electron chi connectivity index (χ4n) is 2.73. The minimum Gasteiger partial charge on any atom is -0.299 e. The van der Waals surface area contributed by atoms with E-state index in [0.717, 1.165) is 0 Å². The van der Waals surface area contributed by atoms with Crippen LogP contribution in [-0.2, 0) is 14.8 Å². The summed E-state index contributed by atoms with van der Waals surface area (Å²) in [6.07, 6.45) is 2.52. The molecule has 0 saturated heterocycles. The van der Waals surface area contributed by atoms with Gasteiger partial charge < -0.3 is 0 Å². The molecule has 1 fully saturated rings. The van der Waals surface area contributed by atoms with Crippen molar-refractivity contribution in [3.8, 4) is 0 Å². The molecule has 26 heavy (non-hydrogen) atoms. The number of hydrogen-bond donors (Lipinski definition) is 3. The molecule has 0 atom stereocenters. The molecule has 0 aromatic heterocycles. The molecule has 1 aliphatic rings. The largest absolute Gasteiger partial charge is 0.299 e. The smallest absolute Gasteiger partial charge is 0.241 e. The highest BCUT2D eigenvalue weighted by atomic mass is 35.5. The third-order valence-electron chi connectivity index (χ3n) is 4.42. The highest BCUT2D eigenvalue weighted by Crippen LogP contribution is 2.27. The molecule has 0 radical (unpaired) electrons. The van der Waals surface area contributed by atoms with Gasteiger partial charge in [0.1, 0.15) is 0 Å². The van der Waals surface area contributed by atoms with Crippen molar-refractivity contribution in [1.82, 2.24) is 10.1 Å². The number of hydrogen-bond acceptors (Lipinski definition) is 4. The second-order valence-corrected chi connectivity index (χ2v) is 10.9. The van der Waals surface area contributed by atoms with Crippen LogP contribution in [-0.4, -0.2) is 25.1 Å². The minimum atomic E-state index is -3.38.